The van der Waals surface area contributed by atoms with Gasteiger partial charge < -0.3 is 14.8 Å². The molecule has 1 aliphatic heterocycles. The Morgan fingerprint density at radius 1 is 1.11 bits per heavy atom. The van der Waals surface area contributed by atoms with Crippen molar-refractivity contribution in [3.63, 3.8) is 0 Å². The molecule has 0 atom stereocenters. The molecule has 7 nitrogen and oxygen atoms in total. The lowest BCUT2D eigenvalue weighted by atomic mass is 10.0. The van der Waals surface area contributed by atoms with Gasteiger partial charge >= 0.3 is 0 Å². The van der Waals surface area contributed by atoms with Gasteiger partial charge in [-0.05, 0) is 55.7 Å². The first-order valence-corrected chi connectivity index (χ1v) is 10.7. The SMILES string of the molecule is CCS(=O)(=O)N1CCCc2cc(NC(=O)c3cc(OC)cc(OC)c3)ccc21. The van der Waals surface area contributed by atoms with Crippen LogP contribution >= 0.6 is 0 Å². The lowest BCUT2D eigenvalue weighted by Gasteiger charge is -2.30. The average molecular weight is 404 g/mol. The third-order valence-corrected chi connectivity index (χ3v) is 6.51. The molecule has 1 heterocycles. The minimum Gasteiger partial charge on any atom is -0.497 e. The molecule has 1 aliphatic rings. The molecule has 3 rings (SSSR count). The number of hydrogen-bond acceptors (Lipinski definition) is 5. The molecular weight excluding hydrogens is 380 g/mol. The van der Waals surface area contributed by atoms with Crippen molar-refractivity contribution in [2.75, 3.05) is 36.1 Å². The Labute approximate surface area is 165 Å². The number of sulfonamides is 1. The second kappa shape index (κ2) is 8.10. The van der Waals surface area contributed by atoms with Crippen LogP contribution in [-0.2, 0) is 16.4 Å². The number of aryl methyl sites for hydroxylation is 1. The van der Waals surface area contributed by atoms with Crippen molar-refractivity contribution < 1.29 is 22.7 Å². The van der Waals surface area contributed by atoms with Gasteiger partial charge in [-0.1, -0.05) is 0 Å². The molecule has 150 valence electrons. The minimum atomic E-state index is -3.31. The average Bonchev–Trinajstić information content (AvgIpc) is 2.72. The number of fused-ring (bicyclic) bond motifs is 1. The van der Waals surface area contributed by atoms with Crippen LogP contribution in [0.1, 0.15) is 29.3 Å². The van der Waals surface area contributed by atoms with Crippen LogP contribution in [0.2, 0.25) is 0 Å². The van der Waals surface area contributed by atoms with E-state index in [-0.39, 0.29) is 11.7 Å². The molecular formula is C20H24N2O5S. The number of amides is 1. The number of rotatable bonds is 6. The molecule has 0 saturated carbocycles. The lowest BCUT2D eigenvalue weighted by Crippen LogP contribution is -2.36. The van der Waals surface area contributed by atoms with Crippen molar-refractivity contribution in [1.29, 1.82) is 0 Å². The fourth-order valence-electron chi connectivity index (χ4n) is 3.23. The number of methoxy groups -OCH3 is 2. The fourth-order valence-corrected chi connectivity index (χ4v) is 4.42. The van der Waals surface area contributed by atoms with Crippen molar-refractivity contribution >= 4 is 27.3 Å². The van der Waals surface area contributed by atoms with Gasteiger partial charge in [0.05, 0.1) is 25.7 Å². The molecule has 1 N–H and O–H groups in total. The van der Waals surface area contributed by atoms with Gasteiger partial charge in [-0.15, -0.1) is 0 Å². The predicted octanol–water partition coefficient (Wildman–Crippen LogP) is 3.06. The number of carbonyl (C=O) groups excluding carboxylic acids is 1. The first-order valence-electron chi connectivity index (χ1n) is 9.05. The molecule has 0 aliphatic carbocycles. The predicted molar refractivity (Wildman–Crippen MR) is 109 cm³/mol. The summed E-state index contributed by atoms with van der Waals surface area (Å²) in [7, 11) is -0.263. The normalized spacial score (nSPS) is 13.6. The van der Waals surface area contributed by atoms with Gasteiger partial charge in [-0.3, -0.25) is 9.10 Å². The fraction of sp³-hybridized carbons (Fsp3) is 0.350. The topological polar surface area (TPSA) is 84.9 Å². The lowest BCUT2D eigenvalue weighted by molar-refractivity contribution is 0.102. The summed E-state index contributed by atoms with van der Waals surface area (Å²) in [5.41, 5.74) is 2.61. The monoisotopic (exact) mass is 404 g/mol. The Bertz CT molecular complexity index is 966. The van der Waals surface area contributed by atoms with Gasteiger partial charge in [-0.25, -0.2) is 8.42 Å². The second-order valence-corrected chi connectivity index (χ2v) is 8.66. The summed E-state index contributed by atoms with van der Waals surface area (Å²) in [5, 5.41) is 2.86. The summed E-state index contributed by atoms with van der Waals surface area (Å²) < 4.78 is 36.5. The minimum absolute atomic E-state index is 0.0581. The molecule has 0 bridgehead atoms. The van der Waals surface area contributed by atoms with Crippen molar-refractivity contribution in [2.45, 2.75) is 19.8 Å². The Hall–Kier alpha value is -2.74. The van der Waals surface area contributed by atoms with Crippen molar-refractivity contribution in [3.8, 4) is 11.5 Å². The van der Waals surface area contributed by atoms with Crippen LogP contribution in [0.4, 0.5) is 11.4 Å². The number of ether oxygens (including phenoxy) is 2. The van der Waals surface area contributed by atoms with E-state index < -0.39 is 10.0 Å². The molecule has 2 aromatic carbocycles. The zero-order chi connectivity index (χ0) is 20.3. The van der Waals surface area contributed by atoms with Crippen LogP contribution in [-0.4, -0.2) is 40.8 Å². The highest BCUT2D eigenvalue weighted by molar-refractivity contribution is 7.92. The highest BCUT2D eigenvalue weighted by Gasteiger charge is 2.26. The summed E-state index contributed by atoms with van der Waals surface area (Å²) in [6, 6.07) is 10.3. The Kier molecular flexibility index (Phi) is 5.79. The van der Waals surface area contributed by atoms with Crippen LogP contribution in [0, 0.1) is 0 Å². The maximum atomic E-state index is 12.7. The Morgan fingerprint density at radius 2 is 1.79 bits per heavy atom. The molecule has 28 heavy (non-hydrogen) atoms. The molecule has 0 radical (unpaired) electrons. The summed E-state index contributed by atoms with van der Waals surface area (Å²) in [5.74, 6) is 0.805. The van der Waals surface area contributed by atoms with E-state index in [1.165, 1.54) is 18.5 Å². The Morgan fingerprint density at radius 3 is 2.39 bits per heavy atom. The van der Waals surface area contributed by atoms with E-state index in [1.807, 2.05) is 6.07 Å². The summed E-state index contributed by atoms with van der Waals surface area (Å²) in [6.07, 6.45) is 1.51. The van der Waals surface area contributed by atoms with Crippen LogP contribution in [0.25, 0.3) is 0 Å². The van der Waals surface area contributed by atoms with Gasteiger partial charge in [0.25, 0.3) is 5.91 Å². The molecule has 2 aromatic rings. The molecule has 0 saturated heterocycles. The van der Waals surface area contributed by atoms with Crippen LogP contribution in [0.5, 0.6) is 11.5 Å². The maximum Gasteiger partial charge on any atom is 0.255 e. The van der Waals surface area contributed by atoms with E-state index >= 15 is 0 Å². The molecule has 0 aromatic heterocycles. The largest absolute Gasteiger partial charge is 0.497 e. The van der Waals surface area contributed by atoms with Gasteiger partial charge in [-0.2, -0.15) is 0 Å². The molecule has 0 spiro atoms. The zero-order valence-electron chi connectivity index (χ0n) is 16.2. The Balaban J connectivity index is 1.86. The van der Waals surface area contributed by atoms with Crippen LogP contribution in [0.15, 0.2) is 36.4 Å². The van der Waals surface area contributed by atoms with Crippen molar-refractivity contribution in [3.05, 3.63) is 47.5 Å². The van der Waals surface area contributed by atoms with Gasteiger partial charge in [0.1, 0.15) is 11.5 Å². The number of benzene rings is 2. The second-order valence-electron chi connectivity index (χ2n) is 6.48. The quantitative estimate of drug-likeness (QED) is 0.800. The highest BCUT2D eigenvalue weighted by atomic mass is 32.2. The van der Waals surface area contributed by atoms with E-state index in [4.69, 9.17) is 9.47 Å². The smallest absolute Gasteiger partial charge is 0.255 e. The number of nitrogens with one attached hydrogen (secondary N) is 1. The van der Waals surface area contributed by atoms with E-state index in [9.17, 15) is 13.2 Å². The number of anilines is 2. The number of hydrogen-bond donors (Lipinski definition) is 1. The van der Waals surface area contributed by atoms with Gasteiger partial charge in [0.15, 0.2) is 0 Å². The van der Waals surface area contributed by atoms with Crippen LogP contribution < -0.4 is 19.1 Å². The maximum absolute atomic E-state index is 12.7. The third-order valence-electron chi connectivity index (χ3n) is 4.73. The molecule has 1 amide bonds. The molecule has 8 heteroatoms. The third kappa shape index (κ3) is 4.06. The van der Waals surface area contributed by atoms with Gasteiger partial charge in [0, 0.05) is 23.9 Å². The van der Waals surface area contributed by atoms with E-state index in [0.29, 0.717) is 35.0 Å². The van der Waals surface area contributed by atoms with E-state index in [0.717, 1.165) is 18.4 Å². The highest BCUT2D eigenvalue weighted by Crippen LogP contribution is 2.32. The van der Waals surface area contributed by atoms with E-state index in [2.05, 4.69) is 5.32 Å². The van der Waals surface area contributed by atoms with E-state index in [1.54, 1.807) is 37.3 Å². The van der Waals surface area contributed by atoms with Crippen molar-refractivity contribution in [1.82, 2.24) is 0 Å². The first-order chi connectivity index (χ1) is 13.4. The first kappa shape index (κ1) is 20.0. The number of nitrogens with zero attached hydrogens (tertiary/aromatic N) is 1. The summed E-state index contributed by atoms with van der Waals surface area (Å²) in [4.78, 5) is 12.7. The van der Waals surface area contributed by atoms with Crippen LogP contribution in [0.3, 0.4) is 0 Å². The molecule has 0 unspecified atom stereocenters. The van der Waals surface area contributed by atoms with Gasteiger partial charge in [0.2, 0.25) is 10.0 Å². The summed E-state index contributed by atoms with van der Waals surface area (Å²) >= 11 is 0. The zero-order valence-corrected chi connectivity index (χ0v) is 17.0. The standard InChI is InChI=1S/C20H24N2O5S/c1-4-28(24,25)22-9-5-6-14-10-16(7-8-19(14)22)21-20(23)15-11-17(26-2)13-18(12-15)27-3/h7-8,10-13H,4-6,9H2,1-3H3,(H,21,23). The molecule has 0 fully saturated rings. The van der Waals surface area contributed by atoms with Crippen molar-refractivity contribution in [2.24, 2.45) is 0 Å². The summed E-state index contributed by atoms with van der Waals surface area (Å²) in [6.45, 7) is 2.12. The number of carbonyl (C=O) groups is 1.